The Kier molecular flexibility index (Phi) is 4.77. The molecule has 118 valence electrons. The minimum absolute atomic E-state index is 0.0101. The molecular formula is C13H13FN2O4S2. The van der Waals surface area contributed by atoms with Crippen LogP contribution in [0.3, 0.4) is 0 Å². The molecule has 0 spiro atoms. The SMILES string of the molecule is Cc1nc(C)c(S(=O)(=O)NC(=O)COc2cccc(F)c2)s1. The van der Waals surface area contributed by atoms with Crippen LogP contribution in [0.25, 0.3) is 0 Å². The molecule has 1 aromatic carbocycles. The van der Waals surface area contributed by atoms with E-state index in [-0.39, 0.29) is 9.96 Å². The zero-order valence-electron chi connectivity index (χ0n) is 11.8. The van der Waals surface area contributed by atoms with E-state index in [2.05, 4.69) is 4.98 Å². The molecule has 2 aromatic rings. The standard InChI is InChI=1S/C13H13FN2O4S2/c1-8-13(21-9(2)15-8)22(18,19)16-12(17)7-20-11-5-3-4-10(14)6-11/h3-6H,7H2,1-2H3,(H,16,17). The zero-order chi connectivity index (χ0) is 16.3. The third-order valence-corrected chi connectivity index (χ3v) is 5.57. The van der Waals surface area contributed by atoms with Crippen molar-refractivity contribution in [2.24, 2.45) is 0 Å². The predicted molar refractivity (Wildman–Crippen MR) is 78.8 cm³/mol. The van der Waals surface area contributed by atoms with Crippen LogP contribution in [0.5, 0.6) is 5.75 Å². The fourth-order valence-corrected chi connectivity index (χ4v) is 4.15. The minimum atomic E-state index is -3.98. The van der Waals surface area contributed by atoms with Crippen LogP contribution < -0.4 is 9.46 Å². The molecule has 1 aromatic heterocycles. The molecule has 0 aliphatic rings. The van der Waals surface area contributed by atoms with Crippen LogP contribution in [0.2, 0.25) is 0 Å². The summed E-state index contributed by atoms with van der Waals surface area (Å²) < 4.78 is 44.0. The fourth-order valence-electron chi connectivity index (χ4n) is 1.69. The third-order valence-electron chi connectivity index (χ3n) is 2.52. The van der Waals surface area contributed by atoms with Gasteiger partial charge in [0.25, 0.3) is 15.9 Å². The molecule has 0 fully saturated rings. The van der Waals surface area contributed by atoms with Gasteiger partial charge in [0, 0.05) is 6.07 Å². The summed E-state index contributed by atoms with van der Waals surface area (Å²) >= 11 is 0.976. The summed E-state index contributed by atoms with van der Waals surface area (Å²) in [5, 5.41) is 0.585. The molecule has 22 heavy (non-hydrogen) atoms. The molecule has 1 heterocycles. The number of hydrogen-bond acceptors (Lipinski definition) is 6. The van der Waals surface area contributed by atoms with E-state index in [0.29, 0.717) is 10.7 Å². The summed E-state index contributed by atoms with van der Waals surface area (Å²) in [6.45, 7) is 2.68. The van der Waals surface area contributed by atoms with E-state index >= 15 is 0 Å². The first-order valence-corrected chi connectivity index (χ1v) is 8.46. The maximum atomic E-state index is 12.9. The van der Waals surface area contributed by atoms with Crippen LogP contribution in [-0.4, -0.2) is 25.9 Å². The minimum Gasteiger partial charge on any atom is -0.484 e. The average molecular weight is 344 g/mol. The number of sulfonamides is 1. The van der Waals surface area contributed by atoms with Crippen molar-refractivity contribution in [2.45, 2.75) is 18.1 Å². The summed E-state index contributed by atoms with van der Waals surface area (Å²) in [5.41, 5.74) is 0.328. The number of ether oxygens (including phenoxy) is 1. The van der Waals surface area contributed by atoms with E-state index in [1.165, 1.54) is 18.2 Å². The quantitative estimate of drug-likeness (QED) is 0.894. The van der Waals surface area contributed by atoms with Gasteiger partial charge >= 0.3 is 0 Å². The molecule has 0 aliphatic heterocycles. The third kappa shape index (κ3) is 4.01. The van der Waals surface area contributed by atoms with Crippen LogP contribution in [0.15, 0.2) is 28.5 Å². The number of amides is 1. The van der Waals surface area contributed by atoms with E-state index in [9.17, 15) is 17.6 Å². The highest BCUT2D eigenvalue weighted by atomic mass is 32.2. The van der Waals surface area contributed by atoms with Crippen molar-refractivity contribution in [3.8, 4) is 5.75 Å². The van der Waals surface area contributed by atoms with Gasteiger partial charge in [0.15, 0.2) is 10.8 Å². The molecular weight excluding hydrogens is 331 g/mol. The van der Waals surface area contributed by atoms with Gasteiger partial charge < -0.3 is 4.74 Å². The molecule has 1 N–H and O–H groups in total. The Bertz CT molecular complexity index is 802. The van der Waals surface area contributed by atoms with Gasteiger partial charge in [-0.15, -0.1) is 11.3 Å². The van der Waals surface area contributed by atoms with Crippen LogP contribution in [0, 0.1) is 19.7 Å². The van der Waals surface area contributed by atoms with Crippen molar-refractivity contribution < 1.29 is 22.3 Å². The van der Waals surface area contributed by atoms with E-state index in [1.807, 2.05) is 4.72 Å². The van der Waals surface area contributed by atoms with Gasteiger partial charge in [-0.3, -0.25) is 4.79 Å². The van der Waals surface area contributed by atoms with Crippen molar-refractivity contribution >= 4 is 27.3 Å². The molecule has 6 nitrogen and oxygen atoms in total. The Labute approximate surface area is 131 Å². The molecule has 0 bridgehead atoms. The van der Waals surface area contributed by atoms with Crippen molar-refractivity contribution in [1.29, 1.82) is 0 Å². The number of nitrogens with zero attached hydrogens (tertiary/aromatic N) is 1. The van der Waals surface area contributed by atoms with Gasteiger partial charge in [0.2, 0.25) is 0 Å². The molecule has 2 rings (SSSR count). The van der Waals surface area contributed by atoms with Crippen LogP contribution in [0.1, 0.15) is 10.7 Å². The Morgan fingerprint density at radius 1 is 1.41 bits per heavy atom. The molecule has 0 saturated carbocycles. The first kappa shape index (κ1) is 16.4. The highest BCUT2D eigenvalue weighted by molar-refractivity contribution is 7.92. The van der Waals surface area contributed by atoms with Gasteiger partial charge in [0.1, 0.15) is 11.6 Å². The number of aromatic nitrogens is 1. The van der Waals surface area contributed by atoms with Crippen molar-refractivity contribution in [1.82, 2.24) is 9.71 Å². The van der Waals surface area contributed by atoms with E-state index in [0.717, 1.165) is 17.4 Å². The van der Waals surface area contributed by atoms with Gasteiger partial charge in [0.05, 0.1) is 10.7 Å². The monoisotopic (exact) mass is 344 g/mol. The van der Waals surface area contributed by atoms with Crippen molar-refractivity contribution in [3.05, 3.63) is 40.8 Å². The summed E-state index contributed by atoms with van der Waals surface area (Å²) in [5.74, 6) is -1.23. The van der Waals surface area contributed by atoms with E-state index in [1.54, 1.807) is 13.8 Å². The molecule has 0 aliphatic carbocycles. The Hall–Kier alpha value is -2.00. The van der Waals surface area contributed by atoms with E-state index < -0.39 is 28.4 Å². The molecule has 1 amide bonds. The summed E-state index contributed by atoms with van der Waals surface area (Å²) in [6, 6.07) is 5.20. The number of halogens is 1. The second kappa shape index (κ2) is 6.41. The molecule has 0 radical (unpaired) electrons. The Morgan fingerprint density at radius 3 is 2.73 bits per heavy atom. The Morgan fingerprint density at radius 2 is 2.14 bits per heavy atom. The van der Waals surface area contributed by atoms with Gasteiger partial charge in [-0.1, -0.05) is 6.07 Å². The maximum absolute atomic E-state index is 12.9. The van der Waals surface area contributed by atoms with Crippen molar-refractivity contribution in [3.63, 3.8) is 0 Å². The summed E-state index contributed by atoms with van der Waals surface area (Å²) in [6.07, 6.45) is 0. The number of thiazole rings is 1. The number of benzene rings is 1. The van der Waals surface area contributed by atoms with Crippen LogP contribution in [-0.2, 0) is 14.8 Å². The van der Waals surface area contributed by atoms with Crippen LogP contribution in [0.4, 0.5) is 4.39 Å². The van der Waals surface area contributed by atoms with Gasteiger partial charge in [-0.05, 0) is 26.0 Å². The first-order valence-electron chi connectivity index (χ1n) is 6.16. The lowest BCUT2D eigenvalue weighted by molar-refractivity contribution is -0.121. The van der Waals surface area contributed by atoms with Crippen molar-refractivity contribution in [2.75, 3.05) is 6.61 Å². The molecule has 0 atom stereocenters. The first-order chi connectivity index (χ1) is 10.3. The second-order valence-corrected chi connectivity index (χ2v) is 7.46. The predicted octanol–water partition coefficient (Wildman–Crippen LogP) is 1.78. The van der Waals surface area contributed by atoms with E-state index in [4.69, 9.17) is 4.74 Å². The number of carbonyl (C=O) groups excluding carboxylic acids is 1. The summed E-state index contributed by atoms with van der Waals surface area (Å²) in [4.78, 5) is 15.7. The average Bonchev–Trinajstić information content (AvgIpc) is 2.76. The molecule has 0 unspecified atom stereocenters. The maximum Gasteiger partial charge on any atom is 0.275 e. The Balaban J connectivity index is 2.01. The second-order valence-electron chi connectivity index (χ2n) is 4.38. The molecule has 9 heteroatoms. The lowest BCUT2D eigenvalue weighted by atomic mass is 10.3. The normalized spacial score (nSPS) is 11.2. The highest BCUT2D eigenvalue weighted by Crippen LogP contribution is 2.22. The largest absolute Gasteiger partial charge is 0.484 e. The summed E-state index contributed by atoms with van der Waals surface area (Å²) in [7, 11) is -3.98. The van der Waals surface area contributed by atoms with Crippen LogP contribution >= 0.6 is 11.3 Å². The van der Waals surface area contributed by atoms with Gasteiger partial charge in [-0.25, -0.2) is 22.5 Å². The van der Waals surface area contributed by atoms with Gasteiger partial charge in [-0.2, -0.15) is 0 Å². The zero-order valence-corrected chi connectivity index (χ0v) is 13.4. The fraction of sp³-hybridized carbons (Fsp3) is 0.231. The molecule has 0 saturated heterocycles. The lowest BCUT2D eigenvalue weighted by Gasteiger charge is -2.07. The smallest absolute Gasteiger partial charge is 0.275 e. The number of aryl methyl sites for hydroxylation is 2. The number of nitrogens with one attached hydrogen (secondary N) is 1. The highest BCUT2D eigenvalue weighted by Gasteiger charge is 2.23. The number of carbonyl (C=O) groups is 1. The topological polar surface area (TPSA) is 85.4 Å². The lowest BCUT2D eigenvalue weighted by Crippen LogP contribution is -2.34. The number of rotatable bonds is 5. The number of hydrogen-bond donors (Lipinski definition) is 1.